The Morgan fingerprint density at radius 3 is 1.48 bits per heavy atom. The first-order valence-corrected chi connectivity index (χ1v) is 13.8. The van der Waals surface area contributed by atoms with Crippen molar-refractivity contribution in [3.8, 4) is 34.2 Å². The number of aromatic nitrogens is 3. The van der Waals surface area contributed by atoms with E-state index in [0.29, 0.717) is 22.5 Å². The summed E-state index contributed by atoms with van der Waals surface area (Å²) in [6.45, 7) is 0. The average Bonchev–Trinajstić information content (AvgIpc) is 3.54. The number of rotatable bonds is 3. The Morgan fingerprint density at radius 2 is 0.950 bits per heavy atom. The standard InChI is InChI=1S/C33H17BrClN3O2/c34-21-13-20(14-22(35)17-21)33-37-31(18-9-11-29-25(15-18)23-5-1-3-7-27(23)39-29)36-32(38-33)19-10-12-30-26(16-19)24-6-2-4-8-28(24)40-30/h1-17H. The molecular formula is C33H17BrClN3O2. The largest absolute Gasteiger partial charge is 0.456 e. The Labute approximate surface area is 241 Å². The Morgan fingerprint density at radius 1 is 0.475 bits per heavy atom. The molecule has 0 fully saturated rings. The van der Waals surface area contributed by atoms with Crippen molar-refractivity contribution >= 4 is 71.4 Å². The van der Waals surface area contributed by atoms with Crippen LogP contribution in [0.25, 0.3) is 78.0 Å². The van der Waals surface area contributed by atoms with E-state index in [1.165, 1.54) is 0 Å². The molecule has 40 heavy (non-hydrogen) atoms. The lowest BCUT2D eigenvalue weighted by Crippen LogP contribution is -2.00. The van der Waals surface area contributed by atoms with Gasteiger partial charge in [0.05, 0.1) is 0 Å². The fourth-order valence-corrected chi connectivity index (χ4v) is 6.04. The Balaban J connectivity index is 1.36. The molecule has 0 bridgehead atoms. The maximum Gasteiger partial charge on any atom is 0.164 e. The number of fused-ring (bicyclic) bond motifs is 6. The number of hydrogen-bond acceptors (Lipinski definition) is 5. The number of halogens is 2. The van der Waals surface area contributed by atoms with Crippen molar-refractivity contribution in [2.24, 2.45) is 0 Å². The molecule has 0 spiro atoms. The second-order valence-corrected chi connectivity index (χ2v) is 10.9. The van der Waals surface area contributed by atoms with Crippen LogP contribution >= 0.6 is 27.5 Å². The molecule has 5 aromatic carbocycles. The second-order valence-electron chi connectivity index (χ2n) is 9.58. The van der Waals surface area contributed by atoms with Gasteiger partial charge in [-0.05, 0) is 66.7 Å². The number of nitrogens with zero attached hydrogens (tertiary/aromatic N) is 3. The zero-order chi connectivity index (χ0) is 26.8. The maximum absolute atomic E-state index is 6.41. The van der Waals surface area contributed by atoms with Crippen LogP contribution in [0.15, 0.2) is 116 Å². The summed E-state index contributed by atoms with van der Waals surface area (Å²) in [5.41, 5.74) is 5.83. The van der Waals surface area contributed by atoms with Crippen molar-refractivity contribution in [2.45, 2.75) is 0 Å². The van der Waals surface area contributed by atoms with E-state index >= 15 is 0 Å². The molecule has 0 amide bonds. The van der Waals surface area contributed by atoms with Crippen molar-refractivity contribution in [3.05, 3.63) is 113 Å². The summed E-state index contributed by atoms with van der Waals surface area (Å²) in [6, 6.07) is 33.7. The van der Waals surface area contributed by atoms with Crippen LogP contribution in [0.1, 0.15) is 0 Å². The van der Waals surface area contributed by atoms with Crippen molar-refractivity contribution in [1.29, 1.82) is 0 Å². The molecule has 8 aromatic rings. The van der Waals surface area contributed by atoms with E-state index in [9.17, 15) is 0 Å². The molecule has 0 saturated heterocycles. The van der Waals surface area contributed by atoms with Gasteiger partial charge in [-0.1, -0.05) is 63.9 Å². The van der Waals surface area contributed by atoms with Gasteiger partial charge in [0, 0.05) is 47.7 Å². The van der Waals surface area contributed by atoms with Crippen LogP contribution in [0, 0.1) is 0 Å². The minimum Gasteiger partial charge on any atom is -0.456 e. The molecule has 3 aromatic heterocycles. The summed E-state index contributed by atoms with van der Waals surface area (Å²) in [5.74, 6) is 1.64. The normalized spacial score (nSPS) is 11.8. The number of furan rings is 2. The molecule has 0 saturated carbocycles. The van der Waals surface area contributed by atoms with Crippen molar-refractivity contribution in [3.63, 3.8) is 0 Å². The van der Waals surface area contributed by atoms with Gasteiger partial charge in [-0.15, -0.1) is 0 Å². The first-order chi connectivity index (χ1) is 19.6. The van der Waals surface area contributed by atoms with Gasteiger partial charge < -0.3 is 8.83 Å². The number of para-hydroxylation sites is 2. The SMILES string of the molecule is Clc1cc(Br)cc(-c2nc(-c3ccc4oc5ccccc5c4c3)nc(-c3ccc4oc5ccccc5c4c3)n2)c1. The van der Waals surface area contributed by atoms with E-state index in [2.05, 4.69) is 40.2 Å². The van der Waals surface area contributed by atoms with Gasteiger partial charge in [-0.3, -0.25) is 0 Å². The lowest BCUT2D eigenvalue weighted by molar-refractivity contribution is 0.668. The van der Waals surface area contributed by atoms with Crippen LogP contribution in [-0.2, 0) is 0 Å². The lowest BCUT2D eigenvalue weighted by Gasteiger charge is -2.09. The fraction of sp³-hybridized carbons (Fsp3) is 0. The van der Waals surface area contributed by atoms with E-state index < -0.39 is 0 Å². The highest BCUT2D eigenvalue weighted by molar-refractivity contribution is 9.10. The van der Waals surface area contributed by atoms with Crippen molar-refractivity contribution in [1.82, 2.24) is 15.0 Å². The van der Waals surface area contributed by atoms with Crippen LogP contribution in [0.4, 0.5) is 0 Å². The van der Waals surface area contributed by atoms with Gasteiger partial charge in [-0.25, -0.2) is 15.0 Å². The van der Waals surface area contributed by atoms with Gasteiger partial charge in [0.25, 0.3) is 0 Å². The lowest BCUT2D eigenvalue weighted by atomic mass is 10.1. The molecule has 0 N–H and O–H groups in total. The molecule has 0 aliphatic rings. The zero-order valence-electron chi connectivity index (χ0n) is 20.7. The molecule has 0 aliphatic heterocycles. The van der Waals surface area contributed by atoms with Crippen LogP contribution in [0.5, 0.6) is 0 Å². The summed E-state index contributed by atoms with van der Waals surface area (Å²) >= 11 is 9.96. The summed E-state index contributed by atoms with van der Waals surface area (Å²) < 4.78 is 12.9. The molecule has 0 atom stereocenters. The third kappa shape index (κ3) is 3.87. The van der Waals surface area contributed by atoms with E-state index in [1.807, 2.05) is 78.9 Å². The van der Waals surface area contributed by atoms with Gasteiger partial charge in [0.15, 0.2) is 17.5 Å². The average molecular weight is 603 g/mol. The zero-order valence-corrected chi connectivity index (χ0v) is 23.1. The first kappa shape index (κ1) is 23.4. The van der Waals surface area contributed by atoms with Gasteiger partial charge in [0.2, 0.25) is 0 Å². The fourth-order valence-electron chi connectivity index (χ4n) is 5.18. The van der Waals surface area contributed by atoms with Gasteiger partial charge in [-0.2, -0.15) is 0 Å². The summed E-state index contributed by atoms with van der Waals surface area (Å²) in [6.07, 6.45) is 0. The molecule has 8 rings (SSSR count). The van der Waals surface area contributed by atoms with Crippen LogP contribution in [-0.4, -0.2) is 15.0 Å². The second kappa shape index (κ2) is 9.01. The monoisotopic (exact) mass is 601 g/mol. The first-order valence-electron chi connectivity index (χ1n) is 12.6. The quantitative estimate of drug-likeness (QED) is 0.201. The van der Waals surface area contributed by atoms with E-state index in [4.69, 9.17) is 35.4 Å². The van der Waals surface area contributed by atoms with E-state index in [-0.39, 0.29) is 0 Å². The minimum absolute atomic E-state index is 0.525. The van der Waals surface area contributed by atoms with Gasteiger partial charge in [0.1, 0.15) is 22.3 Å². The van der Waals surface area contributed by atoms with Crippen LogP contribution < -0.4 is 0 Å². The maximum atomic E-state index is 6.41. The van der Waals surface area contributed by atoms with Crippen molar-refractivity contribution in [2.75, 3.05) is 0 Å². The molecule has 0 unspecified atom stereocenters. The molecule has 7 heteroatoms. The Hall–Kier alpha value is -4.52. The van der Waals surface area contributed by atoms with Gasteiger partial charge >= 0.3 is 0 Å². The Bertz CT molecular complexity index is 2120. The van der Waals surface area contributed by atoms with Crippen LogP contribution in [0.2, 0.25) is 5.02 Å². The highest BCUT2D eigenvalue weighted by Crippen LogP contribution is 2.35. The summed E-state index contributed by atoms with van der Waals surface area (Å²) in [4.78, 5) is 14.8. The third-order valence-corrected chi connectivity index (χ3v) is 7.70. The topological polar surface area (TPSA) is 65.0 Å². The summed E-state index contributed by atoms with van der Waals surface area (Å²) in [5, 5.41) is 4.70. The predicted octanol–water partition coefficient (Wildman–Crippen LogP) is 10.1. The van der Waals surface area contributed by atoms with Crippen molar-refractivity contribution < 1.29 is 8.83 Å². The Kier molecular flexibility index (Phi) is 5.27. The molecule has 3 heterocycles. The van der Waals surface area contributed by atoms with E-state index in [1.54, 1.807) is 0 Å². The predicted molar refractivity (Wildman–Crippen MR) is 163 cm³/mol. The minimum atomic E-state index is 0.525. The van der Waals surface area contributed by atoms with Crippen LogP contribution in [0.3, 0.4) is 0 Å². The molecule has 190 valence electrons. The molecular weight excluding hydrogens is 586 g/mol. The molecule has 0 aliphatic carbocycles. The number of hydrogen-bond donors (Lipinski definition) is 0. The number of benzene rings is 5. The third-order valence-electron chi connectivity index (χ3n) is 7.03. The summed E-state index contributed by atoms with van der Waals surface area (Å²) in [7, 11) is 0. The highest BCUT2D eigenvalue weighted by atomic mass is 79.9. The molecule has 0 radical (unpaired) electrons. The molecule has 5 nitrogen and oxygen atoms in total. The van der Waals surface area contributed by atoms with E-state index in [0.717, 1.165) is 65.0 Å². The highest BCUT2D eigenvalue weighted by Gasteiger charge is 2.16. The smallest absolute Gasteiger partial charge is 0.164 e.